The average molecular weight is 394 g/mol. The van der Waals surface area contributed by atoms with Crippen molar-refractivity contribution in [2.45, 2.75) is 26.4 Å². The first-order valence-corrected chi connectivity index (χ1v) is 9.41. The van der Waals surface area contributed by atoms with E-state index in [1.807, 2.05) is 19.1 Å². The fourth-order valence-corrected chi connectivity index (χ4v) is 3.41. The number of carbonyl (C=O) groups excluding carboxylic acids is 1. The summed E-state index contributed by atoms with van der Waals surface area (Å²) in [6.45, 7) is 3.22. The SMILES string of the molecule is COCCCn1c(C(=O)NCc2ccco2)cc2c(=O)n3cccc(C)c3nc21. The summed E-state index contributed by atoms with van der Waals surface area (Å²) in [6.07, 6.45) is 3.94. The van der Waals surface area contributed by atoms with Crippen LogP contribution in [0.5, 0.6) is 0 Å². The van der Waals surface area contributed by atoms with Gasteiger partial charge in [-0.3, -0.25) is 14.0 Å². The van der Waals surface area contributed by atoms with E-state index in [0.717, 1.165) is 5.56 Å². The highest BCUT2D eigenvalue weighted by Gasteiger charge is 2.20. The number of aromatic nitrogens is 3. The quantitative estimate of drug-likeness (QED) is 0.487. The molecule has 0 spiro atoms. The number of methoxy groups -OCH3 is 1. The van der Waals surface area contributed by atoms with Crippen LogP contribution in [0.15, 0.2) is 52.0 Å². The molecule has 0 aliphatic carbocycles. The summed E-state index contributed by atoms with van der Waals surface area (Å²) < 4.78 is 13.7. The topological polar surface area (TPSA) is 90.8 Å². The summed E-state index contributed by atoms with van der Waals surface area (Å²) in [5.41, 5.74) is 2.17. The number of amides is 1. The number of furan rings is 1. The predicted octanol–water partition coefficient (Wildman–Crippen LogP) is 2.52. The van der Waals surface area contributed by atoms with Crippen LogP contribution < -0.4 is 10.9 Å². The molecule has 0 aliphatic rings. The Morgan fingerprint density at radius 1 is 1.28 bits per heavy atom. The highest BCUT2D eigenvalue weighted by atomic mass is 16.5. The summed E-state index contributed by atoms with van der Waals surface area (Å²) in [7, 11) is 1.63. The van der Waals surface area contributed by atoms with Gasteiger partial charge in [0.1, 0.15) is 22.7 Å². The Kier molecular flexibility index (Phi) is 5.18. The number of fused-ring (bicyclic) bond motifs is 2. The highest BCUT2D eigenvalue weighted by molar-refractivity contribution is 5.98. The van der Waals surface area contributed by atoms with Gasteiger partial charge in [0.05, 0.1) is 18.2 Å². The second-order valence-corrected chi connectivity index (χ2v) is 6.83. The number of aryl methyl sites for hydroxylation is 2. The van der Waals surface area contributed by atoms with E-state index < -0.39 is 0 Å². The molecule has 0 fully saturated rings. The molecule has 0 saturated heterocycles. The average Bonchev–Trinajstić information content (AvgIpc) is 3.36. The van der Waals surface area contributed by atoms with Crippen molar-refractivity contribution < 1.29 is 13.9 Å². The van der Waals surface area contributed by atoms with Crippen molar-refractivity contribution in [3.05, 3.63) is 70.2 Å². The molecule has 0 unspecified atom stereocenters. The maximum Gasteiger partial charge on any atom is 0.268 e. The molecule has 8 nitrogen and oxygen atoms in total. The first-order chi connectivity index (χ1) is 14.1. The molecule has 29 heavy (non-hydrogen) atoms. The van der Waals surface area contributed by atoms with Crippen LogP contribution in [0.25, 0.3) is 16.7 Å². The first kappa shape index (κ1) is 18.9. The van der Waals surface area contributed by atoms with Crippen molar-refractivity contribution >= 4 is 22.6 Å². The molecule has 0 radical (unpaired) electrons. The molecule has 4 rings (SSSR count). The van der Waals surface area contributed by atoms with Crippen LogP contribution in [0.3, 0.4) is 0 Å². The maximum absolute atomic E-state index is 13.0. The van der Waals surface area contributed by atoms with Crippen LogP contribution in [-0.4, -0.2) is 33.6 Å². The summed E-state index contributed by atoms with van der Waals surface area (Å²) in [5, 5.41) is 3.25. The van der Waals surface area contributed by atoms with Gasteiger partial charge in [0.15, 0.2) is 0 Å². The fraction of sp³-hybridized carbons (Fsp3) is 0.286. The zero-order valence-electron chi connectivity index (χ0n) is 16.3. The summed E-state index contributed by atoms with van der Waals surface area (Å²) >= 11 is 0. The van der Waals surface area contributed by atoms with Gasteiger partial charge in [-0.15, -0.1) is 0 Å². The zero-order chi connectivity index (χ0) is 20.4. The van der Waals surface area contributed by atoms with E-state index in [4.69, 9.17) is 14.1 Å². The Hall–Kier alpha value is -3.39. The monoisotopic (exact) mass is 394 g/mol. The van der Waals surface area contributed by atoms with Crippen LogP contribution in [0.2, 0.25) is 0 Å². The molecule has 4 heterocycles. The molecule has 0 aromatic carbocycles. The molecule has 4 aromatic heterocycles. The molecule has 0 saturated carbocycles. The summed E-state index contributed by atoms with van der Waals surface area (Å²) in [5.74, 6) is 0.363. The van der Waals surface area contributed by atoms with Gasteiger partial charge in [0, 0.05) is 26.5 Å². The molecule has 150 valence electrons. The summed E-state index contributed by atoms with van der Waals surface area (Å²) in [6, 6.07) is 8.89. The van der Waals surface area contributed by atoms with E-state index in [9.17, 15) is 9.59 Å². The first-order valence-electron chi connectivity index (χ1n) is 9.41. The van der Waals surface area contributed by atoms with Crippen molar-refractivity contribution in [3.8, 4) is 0 Å². The van der Waals surface area contributed by atoms with Gasteiger partial charge in [-0.1, -0.05) is 6.07 Å². The fourth-order valence-electron chi connectivity index (χ4n) is 3.41. The normalized spacial score (nSPS) is 11.4. The third kappa shape index (κ3) is 3.54. The lowest BCUT2D eigenvalue weighted by Crippen LogP contribution is -2.25. The minimum atomic E-state index is -0.290. The predicted molar refractivity (Wildman–Crippen MR) is 108 cm³/mol. The van der Waals surface area contributed by atoms with Gasteiger partial charge in [-0.25, -0.2) is 4.98 Å². The number of nitrogens with zero attached hydrogens (tertiary/aromatic N) is 3. The Morgan fingerprint density at radius 2 is 2.14 bits per heavy atom. The van der Waals surface area contributed by atoms with Crippen molar-refractivity contribution in [1.29, 1.82) is 0 Å². The number of hydrogen-bond donors (Lipinski definition) is 1. The Bertz CT molecular complexity index is 1220. The Morgan fingerprint density at radius 3 is 2.90 bits per heavy atom. The van der Waals surface area contributed by atoms with E-state index in [-0.39, 0.29) is 18.0 Å². The largest absolute Gasteiger partial charge is 0.467 e. The third-order valence-electron chi connectivity index (χ3n) is 4.86. The third-order valence-corrected chi connectivity index (χ3v) is 4.86. The van der Waals surface area contributed by atoms with Gasteiger partial charge in [-0.05, 0) is 43.2 Å². The molecular weight excluding hydrogens is 372 g/mol. The minimum Gasteiger partial charge on any atom is -0.467 e. The molecule has 4 aromatic rings. The van der Waals surface area contributed by atoms with Gasteiger partial charge in [0.2, 0.25) is 0 Å². The van der Waals surface area contributed by atoms with E-state index in [1.54, 1.807) is 42.3 Å². The molecular formula is C21H22N4O4. The second-order valence-electron chi connectivity index (χ2n) is 6.83. The van der Waals surface area contributed by atoms with Gasteiger partial charge < -0.3 is 19.0 Å². The Balaban J connectivity index is 1.81. The highest BCUT2D eigenvalue weighted by Crippen LogP contribution is 2.18. The number of hydrogen-bond acceptors (Lipinski definition) is 5. The molecule has 0 aliphatic heterocycles. The number of carbonyl (C=O) groups is 1. The van der Waals surface area contributed by atoms with E-state index in [2.05, 4.69) is 5.32 Å². The maximum atomic E-state index is 13.0. The van der Waals surface area contributed by atoms with Crippen LogP contribution in [0, 0.1) is 6.92 Å². The van der Waals surface area contributed by atoms with Crippen LogP contribution >= 0.6 is 0 Å². The number of pyridine rings is 1. The lowest BCUT2D eigenvalue weighted by Gasteiger charge is -2.11. The van der Waals surface area contributed by atoms with E-state index in [1.165, 1.54) is 4.40 Å². The lowest BCUT2D eigenvalue weighted by atomic mass is 10.3. The lowest BCUT2D eigenvalue weighted by molar-refractivity contribution is 0.0938. The van der Waals surface area contributed by atoms with Crippen LogP contribution in [0.1, 0.15) is 28.2 Å². The smallest absolute Gasteiger partial charge is 0.268 e. The van der Waals surface area contributed by atoms with Crippen molar-refractivity contribution in [3.63, 3.8) is 0 Å². The molecule has 1 amide bonds. The zero-order valence-corrected chi connectivity index (χ0v) is 16.3. The standard InChI is InChI=1S/C21H22N4O4/c1-14-6-3-8-25-18(14)23-19-16(21(25)27)12-17(24(19)9-5-10-28-2)20(26)22-13-15-7-4-11-29-15/h3-4,6-8,11-12H,5,9-10,13H2,1-2H3,(H,22,26). The molecule has 1 N–H and O–H groups in total. The van der Waals surface area contributed by atoms with Gasteiger partial charge in [-0.2, -0.15) is 0 Å². The van der Waals surface area contributed by atoms with Crippen LogP contribution in [-0.2, 0) is 17.8 Å². The number of rotatable bonds is 7. The van der Waals surface area contributed by atoms with Gasteiger partial charge in [0.25, 0.3) is 11.5 Å². The number of ether oxygens (including phenoxy) is 1. The van der Waals surface area contributed by atoms with Crippen molar-refractivity contribution in [2.75, 3.05) is 13.7 Å². The minimum absolute atomic E-state index is 0.195. The van der Waals surface area contributed by atoms with Crippen LogP contribution in [0.4, 0.5) is 0 Å². The molecule has 0 atom stereocenters. The molecule has 8 heteroatoms. The van der Waals surface area contributed by atoms with Crippen molar-refractivity contribution in [1.82, 2.24) is 19.3 Å². The Labute approximate surface area is 166 Å². The van der Waals surface area contributed by atoms with Crippen molar-refractivity contribution in [2.24, 2.45) is 0 Å². The number of nitrogens with one attached hydrogen (secondary N) is 1. The second kappa shape index (κ2) is 7.92. The molecule has 0 bridgehead atoms. The van der Waals surface area contributed by atoms with E-state index >= 15 is 0 Å². The van der Waals surface area contributed by atoms with E-state index in [0.29, 0.717) is 47.7 Å². The summed E-state index contributed by atoms with van der Waals surface area (Å²) in [4.78, 5) is 30.7. The van der Waals surface area contributed by atoms with Gasteiger partial charge >= 0.3 is 0 Å².